The molecule has 2 rings (SSSR count). The first-order valence-corrected chi connectivity index (χ1v) is 12.2. The van der Waals surface area contributed by atoms with E-state index >= 15 is 0 Å². The molecule has 32 heavy (non-hydrogen) atoms. The van der Waals surface area contributed by atoms with E-state index in [0.717, 1.165) is 21.7 Å². The third-order valence-corrected chi connectivity index (χ3v) is 6.37. The topological polar surface area (TPSA) is 96.0 Å². The molecular formula is C23H31N3O5S. The number of nitrogens with zero attached hydrogens (tertiary/aromatic N) is 2. The maximum atomic E-state index is 13.4. The fourth-order valence-corrected chi connectivity index (χ4v) is 4.25. The van der Waals surface area contributed by atoms with Gasteiger partial charge in [-0.15, -0.1) is 0 Å². The van der Waals surface area contributed by atoms with Crippen molar-refractivity contribution in [3.63, 3.8) is 0 Å². The van der Waals surface area contributed by atoms with Crippen LogP contribution in [0, 0.1) is 0 Å². The number of methoxy groups -OCH3 is 1. The number of para-hydroxylation sites is 1. The first kappa shape index (κ1) is 25.2. The number of rotatable bonds is 10. The van der Waals surface area contributed by atoms with Crippen molar-refractivity contribution in [3.05, 3.63) is 59.7 Å². The summed E-state index contributed by atoms with van der Waals surface area (Å²) in [5.74, 6) is -0.148. The molecule has 0 radical (unpaired) electrons. The maximum Gasteiger partial charge on any atom is 0.244 e. The van der Waals surface area contributed by atoms with Gasteiger partial charge in [-0.1, -0.05) is 37.3 Å². The minimum atomic E-state index is -3.74. The minimum Gasteiger partial charge on any atom is -0.497 e. The van der Waals surface area contributed by atoms with Gasteiger partial charge in [0.2, 0.25) is 21.8 Å². The molecule has 8 nitrogen and oxygen atoms in total. The quantitative estimate of drug-likeness (QED) is 0.585. The van der Waals surface area contributed by atoms with E-state index in [-0.39, 0.29) is 12.5 Å². The molecule has 1 N–H and O–H groups in total. The maximum absolute atomic E-state index is 13.4. The Bertz CT molecular complexity index is 1040. The van der Waals surface area contributed by atoms with E-state index in [4.69, 9.17) is 4.74 Å². The Hall–Kier alpha value is -3.07. The predicted molar refractivity (Wildman–Crippen MR) is 125 cm³/mol. The molecule has 0 saturated heterocycles. The standard InChI is InChI=1S/C23H31N3O5S/c1-6-19-9-7-8-10-21(19)26(32(5,29)30)16-22(27)25(17(2)23(28)24-3)15-18-11-13-20(31-4)14-12-18/h7-14,17H,6,15-16H2,1-5H3,(H,24,28)/t17-/m0/s1. The Morgan fingerprint density at radius 2 is 1.72 bits per heavy atom. The monoisotopic (exact) mass is 461 g/mol. The predicted octanol–water partition coefficient (Wildman–Crippen LogP) is 2.19. The lowest BCUT2D eigenvalue weighted by Gasteiger charge is -2.31. The average molecular weight is 462 g/mol. The van der Waals surface area contributed by atoms with Crippen LogP contribution in [0.1, 0.15) is 25.0 Å². The molecule has 0 fully saturated rings. The van der Waals surface area contributed by atoms with E-state index in [1.807, 2.05) is 19.1 Å². The SMILES string of the molecule is CCc1ccccc1N(CC(=O)N(Cc1ccc(OC)cc1)[C@@H](C)C(=O)NC)S(C)(=O)=O. The van der Waals surface area contributed by atoms with Gasteiger partial charge in [0.1, 0.15) is 18.3 Å². The summed E-state index contributed by atoms with van der Waals surface area (Å²) in [6.45, 7) is 3.27. The summed E-state index contributed by atoms with van der Waals surface area (Å²) >= 11 is 0. The average Bonchev–Trinajstić information content (AvgIpc) is 2.79. The van der Waals surface area contributed by atoms with Crippen LogP contribution in [-0.4, -0.2) is 58.1 Å². The molecule has 0 aliphatic rings. The lowest BCUT2D eigenvalue weighted by molar-refractivity contribution is -0.139. The summed E-state index contributed by atoms with van der Waals surface area (Å²) in [6, 6.07) is 13.4. The fraction of sp³-hybridized carbons (Fsp3) is 0.391. The van der Waals surface area contributed by atoms with Crippen LogP contribution in [0.3, 0.4) is 0 Å². The molecule has 0 unspecified atom stereocenters. The van der Waals surface area contributed by atoms with Gasteiger partial charge in [0, 0.05) is 13.6 Å². The van der Waals surface area contributed by atoms with Crippen LogP contribution in [0.5, 0.6) is 5.75 Å². The highest BCUT2D eigenvalue weighted by atomic mass is 32.2. The van der Waals surface area contributed by atoms with Crippen LogP contribution in [0.25, 0.3) is 0 Å². The molecule has 0 aromatic heterocycles. The fourth-order valence-electron chi connectivity index (χ4n) is 3.37. The van der Waals surface area contributed by atoms with Crippen LogP contribution >= 0.6 is 0 Å². The van der Waals surface area contributed by atoms with Crippen LogP contribution < -0.4 is 14.4 Å². The first-order chi connectivity index (χ1) is 15.1. The third kappa shape index (κ3) is 6.23. The number of carbonyl (C=O) groups is 2. The van der Waals surface area contributed by atoms with E-state index in [1.54, 1.807) is 50.4 Å². The molecule has 0 aliphatic heterocycles. The van der Waals surface area contributed by atoms with Crippen molar-refractivity contribution in [2.45, 2.75) is 32.9 Å². The minimum absolute atomic E-state index is 0.143. The molecule has 2 amide bonds. The number of hydrogen-bond donors (Lipinski definition) is 1. The van der Waals surface area contributed by atoms with Gasteiger partial charge in [-0.2, -0.15) is 0 Å². The number of sulfonamides is 1. The van der Waals surface area contributed by atoms with Gasteiger partial charge in [-0.05, 0) is 42.7 Å². The van der Waals surface area contributed by atoms with Gasteiger partial charge in [-0.3, -0.25) is 13.9 Å². The lowest BCUT2D eigenvalue weighted by atomic mass is 10.1. The number of amides is 2. The number of anilines is 1. The summed E-state index contributed by atoms with van der Waals surface area (Å²) < 4.78 is 31.5. The van der Waals surface area contributed by atoms with Gasteiger partial charge in [-0.25, -0.2) is 8.42 Å². The van der Waals surface area contributed by atoms with Crippen molar-refractivity contribution in [2.24, 2.45) is 0 Å². The van der Waals surface area contributed by atoms with Crippen LogP contribution in [-0.2, 0) is 32.6 Å². The Labute approximate surface area is 190 Å². The molecule has 0 aliphatic carbocycles. The van der Waals surface area contributed by atoms with Crippen molar-refractivity contribution >= 4 is 27.5 Å². The number of nitrogens with one attached hydrogen (secondary N) is 1. The molecule has 0 spiro atoms. The smallest absolute Gasteiger partial charge is 0.244 e. The van der Waals surface area contributed by atoms with Crippen molar-refractivity contribution in [2.75, 3.05) is 31.3 Å². The lowest BCUT2D eigenvalue weighted by Crippen LogP contribution is -2.50. The van der Waals surface area contributed by atoms with E-state index in [1.165, 1.54) is 11.9 Å². The first-order valence-electron chi connectivity index (χ1n) is 10.3. The molecule has 174 valence electrons. The van der Waals surface area contributed by atoms with Crippen molar-refractivity contribution in [1.82, 2.24) is 10.2 Å². The number of hydrogen-bond acceptors (Lipinski definition) is 5. The zero-order chi connectivity index (χ0) is 23.9. The summed E-state index contributed by atoms with van der Waals surface area (Å²) in [5, 5.41) is 2.55. The number of aryl methyl sites for hydroxylation is 1. The van der Waals surface area contributed by atoms with Gasteiger partial charge in [0.15, 0.2) is 0 Å². The summed E-state index contributed by atoms with van der Waals surface area (Å²) in [4.78, 5) is 27.1. The van der Waals surface area contributed by atoms with E-state index in [2.05, 4.69) is 5.32 Å². The Morgan fingerprint density at radius 3 is 2.25 bits per heavy atom. The van der Waals surface area contributed by atoms with Crippen LogP contribution in [0.4, 0.5) is 5.69 Å². The number of ether oxygens (including phenoxy) is 1. The van der Waals surface area contributed by atoms with Gasteiger partial charge >= 0.3 is 0 Å². The molecule has 0 heterocycles. The zero-order valence-electron chi connectivity index (χ0n) is 19.2. The Balaban J connectivity index is 2.40. The molecule has 2 aromatic carbocycles. The van der Waals surface area contributed by atoms with Crippen molar-refractivity contribution in [1.29, 1.82) is 0 Å². The Morgan fingerprint density at radius 1 is 1.09 bits per heavy atom. The van der Waals surface area contributed by atoms with Crippen LogP contribution in [0.2, 0.25) is 0 Å². The van der Waals surface area contributed by atoms with Crippen molar-refractivity contribution < 1.29 is 22.7 Å². The number of benzene rings is 2. The Kier molecular flexibility index (Phi) is 8.65. The number of carbonyl (C=O) groups excluding carboxylic acids is 2. The highest BCUT2D eigenvalue weighted by Crippen LogP contribution is 2.24. The highest BCUT2D eigenvalue weighted by molar-refractivity contribution is 7.92. The second-order valence-electron chi connectivity index (χ2n) is 7.41. The molecule has 0 saturated carbocycles. The third-order valence-electron chi connectivity index (χ3n) is 5.25. The van der Waals surface area contributed by atoms with Gasteiger partial charge < -0.3 is 15.0 Å². The van der Waals surface area contributed by atoms with E-state index < -0.39 is 28.5 Å². The van der Waals surface area contributed by atoms with Gasteiger partial charge in [0.05, 0.1) is 19.1 Å². The molecule has 2 aromatic rings. The molecule has 0 bridgehead atoms. The van der Waals surface area contributed by atoms with Crippen LogP contribution in [0.15, 0.2) is 48.5 Å². The second kappa shape index (κ2) is 11.0. The largest absolute Gasteiger partial charge is 0.497 e. The number of likely N-dealkylation sites (N-methyl/N-ethyl adjacent to an activating group) is 1. The van der Waals surface area contributed by atoms with Crippen molar-refractivity contribution in [3.8, 4) is 5.75 Å². The molecular weight excluding hydrogens is 430 g/mol. The highest BCUT2D eigenvalue weighted by Gasteiger charge is 2.30. The van der Waals surface area contributed by atoms with Gasteiger partial charge in [0.25, 0.3) is 0 Å². The summed E-state index contributed by atoms with van der Waals surface area (Å²) in [7, 11) is -0.687. The molecule has 9 heteroatoms. The normalized spacial score (nSPS) is 12.0. The zero-order valence-corrected chi connectivity index (χ0v) is 20.0. The second-order valence-corrected chi connectivity index (χ2v) is 9.32. The summed E-state index contributed by atoms with van der Waals surface area (Å²) in [5.41, 5.74) is 2.06. The molecule has 1 atom stereocenters. The van der Waals surface area contributed by atoms with E-state index in [9.17, 15) is 18.0 Å². The van der Waals surface area contributed by atoms with E-state index in [0.29, 0.717) is 17.9 Å². The summed E-state index contributed by atoms with van der Waals surface area (Å²) in [6.07, 6.45) is 1.68.